The molecule has 0 bridgehead atoms. The lowest BCUT2D eigenvalue weighted by molar-refractivity contribution is -0.119. The number of aromatic nitrogens is 2. The molecule has 13 heteroatoms. The zero-order valence-corrected chi connectivity index (χ0v) is 19.0. The molecule has 1 aromatic carbocycles. The second-order valence-electron chi connectivity index (χ2n) is 7.54. The SMILES string of the molecule is CN1C(=O)[C@@H](Nc2cc(Oc3ccccc3)ccn2)CCc2ccc(OS(=O)(=O)C(F)(F)F)nc21. The topological polar surface area (TPSA) is 111 Å². The van der Waals surface area contributed by atoms with Crippen LogP contribution in [0, 0.1) is 0 Å². The molecule has 184 valence electrons. The molecule has 1 N–H and O–H groups in total. The summed E-state index contributed by atoms with van der Waals surface area (Å²) in [6.07, 6.45) is 2.18. The van der Waals surface area contributed by atoms with Gasteiger partial charge in [0.2, 0.25) is 11.8 Å². The zero-order chi connectivity index (χ0) is 25.2. The highest BCUT2D eigenvalue weighted by Crippen LogP contribution is 2.31. The van der Waals surface area contributed by atoms with Gasteiger partial charge in [0.15, 0.2) is 0 Å². The van der Waals surface area contributed by atoms with Crippen molar-refractivity contribution in [3.63, 3.8) is 0 Å². The molecule has 0 saturated carbocycles. The summed E-state index contributed by atoms with van der Waals surface area (Å²) < 4.78 is 70.4. The highest BCUT2D eigenvalue weighted by atomic mass is 32.2. The van der Waals surface area contributed by atoms with Crippen molar-refractivity contribution in [3.05, 3.63) is 66.4 Å². The molecule has 0 saturated heterocycles. The van der Waals surface area contributed by atoms with Crippen LogP contribution in [0.5, 0.6) is 17.4 Å². The molecule has 1 amide bonds. The molecule has 0 fully saturated rings. The van der Waals surface area contributed by atoms with Crippen molar-refractivity contribution in [1.29, 1.82) is 0 Å². The van der Waals surface area contributed by atoms with Crippen LogP contribution in [-0.2, 0) is 21.3 Å². The van der Waals surface area contributed by atoms with E-state index < -0.39 is 33.5 Å². The molecule has 4 rings (SSSR count). The van der Waals surface area contributed by atoms with Gasteiger partial charge in [0.25, 0.3) is 0 Å². The number of anilines is 2. The Morgan fingerprint density at radius 3 is 2.54 bits per heavy atom. The minimum absolute atomic E-state index is 0.00305. The molecule has 3 heterocycles. The first-order chi connectivity index (χ1) is 16.5. The van der Waals surface area contributed by atoms with Crippen LogP contribution in [0.3, 0.4) is 0 Å². The van der Waals surface area contributed by atoms with Gasteiger partial charge in [-0.1, -0.05) is 18.2 Å². The molecular formula is C22H19F3N4O5S. The van der Waals surface area contributed by atoms with E-state index in [1.54, 1.807) is 24.3 Å². The standard InChI is InChI=1S/C22H19F3N4O5S/c1-29-20-14(8-10-19(28-20)34-35(31,32)22(23,24)25)7-9-17(21(29)30)27-18-13-16(11-12-26-18)33-15-5-3-2-4-6-15/h2-6,8,10-13,17H,7,9H2,1H3,(H,26,27)/t17-/m0/s1. The largest absolute Gasteiger partial charge is 0.534 e. The van der Waals surface area contributed by atoms with Crippen LogP contribution in [0.2, 0.25) is 0 Å². The second kappa shape index (κ2) is 9.41. The number of benzene rings is 1. The first kappa shape index (κ1) is 24.3. The maximum Gasteiger partial charge on any atom is 0.534 e. The van der Waals surface area contributed by atoms with Gasteiger partial charge in [-0.2, -0.15) is 26.6 Å². The summed E-state index contributed by atoms with van der Waals surface area (Å²) in [5.41, 5.74) is -5.07. The second-order valence-corrected chi connectivity index (χ2v) is 9.08. The zero-order valence-electron chi connectivity index (χ0n) is 18.2. The first-order valence-electron chi connectivity index (χ1n) is 10.3. The number of alkyl halides is 3. The van der Waals surface area contributed by atoms with E-state index in [1.807, 2.05) is 18.2 Å². The highest BCUT2D eigenvalue weighted by molar-refractivity contribution is 7.87. The van der Waals surface area contributed by atoms with Gasteiger partial charge >= 0.3 is 15.6 Å². The smallest absolute Gasteiger partial charge is 0.457 e. The third kappa shape index (κ3) is 5.45. The predicted octanol–water partition coefficient (Wildman–Crippen LogP) is 3.89. The molecule has 0 unspecified atom stereocenters. The molecule has 1 atom stereocenters. The van der Waals surface area contributed by atoms with Gasteiger partial charge in [-0.15, -0.1) is 0 Å². The van der Waals surface area contributed by atoms with Gasteiger partial charge in [0.05, 0.1) is 0 Å². The fourth-order valence-corrected chi connectivity index (χ4v) is 3.82. The fourth-order valence-electron chi connectivity index (χ4n) is 3.40. The van der Waals surface area contributed by atoms with Gasteiger partial charge in [-0.3, -0.25) is 9.69 Å². The molecule has 35 heavy (non-hydrogen) atoms. The number of carbonyl (C=O) groups excluding carboxylic acids is 1. The van der Waals surface area contributed by atoms with Crippen molar-refractivity contribution in [2.24, 2.45) is 0 Å². The number of para-hydroxylation sites is 1. The number of nitrogens with zero attached hydrogens (tertiary/aromatic N) is 3. The molecule has 0 aliphatic carbocycles. The van der Waals surface area contributed by atoms with E-state index >= 15 is 0 Å². The Kier molecular flexibility index (Phi) is 6.52. The third-order valence-electron chi connectivity index (χ3n) is 5.09. The Labute approximate surface area is 198 Å². The Bertz CT molecular complexity index is 1340. The predicted molar refractivity (Wildman–Crippen MR) is 120 cm³/mol. The Morgan fingerprint density at radius 1 is 1.09 bits per heavy atom. The number of pyridine rings is 2. The number of amides is 1. The van der Waals surface area contributed by atoms with Crippen molar-refractivity contribution < 1.29 is 35.3 Å². The van der Waals surface area contributed by atoms with E-state index in [2.05, 4.69) is 19.5 Å². The van der Waals surface area contributed by atoms with E-state index in [9.17, 15) is 26.4 Å². The van der Waals surface area contributed by atoms with E-state index in [-0.39, 0.29) is 5.82 Å². The highest BCUT2D eigenvalue weighted by Gasteiger charge is 2.49. The third-order valence-corrected chi connectivity index (χ3v) is 6.05. The number of hydrogen-bond donors (Lipinski definition) is 1. The summed E-state index contributed by atoms with van der Waals surface area (Å²) in [5, 5.41) is 3.05. The summed E-state index contributed by atoms with van der Waals surface area (Å²) in [6, 6.07) is 14.0. The Hall–Kier alpha value is -3.87. The fraction of sp³-hybridized carbons (Fsp3) is 0.227. The normalized spacial score (nSPS) is 16.3. The lowest BCUT2D eigenvalue weighted by Gasteiger charge is -2.22. The van der Waals surface area contributed by atoms with Gasteiger partial charge in [0.1, 0.15) is 29.2 Å². The van der Waals surface area contributed by atoms with Crippen LogP contribution >= 0.6 is 0 Å². The van der Waals surface area contributed by atoms with Gasteiger partial charge in [-0.25, -0.2) is 4.98 Å². The van der Waals surface area contributed by atoms with E-state index in [0.717, 1.165) is 11.0 Å². The maximum absolute atomic E-state index is 13.1. The van der Waals surface area contributed by atoms with Crippen molar-refractivity contribution in [2.75, 3.05) is 17.3 Å². The average Bonchev–Trinajstić information content (AvgIpc) is 2.91. The van der Waals surface area contributed by atoms with Crippen LogP contribution in [0.4, 0.5) is 24.8 Å². The summed E-state index contributed by atoms with van der Waals surface area (Å²) in [6.45, 7) is 0. The van der Waals surface area contributed by atoms with Gasteiger partial charge in [0, 0.05) is 25.4 Å². The van der Waals surface area contributed by atoms with Crippen LogP contribution in [0.15, 0.2) is 60.8 Å². The number of carbonyl (C=O) groups is 1. The van der Waals surface area contributed by atoms with Crippen LogP contribution in [0.1, 0.15) is 12.0 Å². The summed E-state index contributed by atoms with van der Waals surface area (Å²) in [4.78, 5) is 22.3. The quantitative estimate of drug-likeness (QED) is 0.395. The summed E-state index contributed by atoms with van der Waals surface area (Å²) in [5.74, 6) is 0.276. The summed E-state index contributed by atoms with van der Waals surface area (Å²) in [7, 11) is -4.51. The Balaban J connectivity index is 1.51. The molecule has 1 aliphatic heterocycles. The number of aryl methyl sites for hydroxylation is 1. The maximum atomic E-state index is 13.1. The molecule has 9 nitrogen and oxygen atoms in total. The number of halogens is 3. The lowest BCUT2D eigenvalue weighted by Crippen LogP contribution is -2.40. The van der Waals surface area contributed by atoms with E-state index in [4.69, 9.17) is 4.74 Å². The minimum Gasteiger partial charge on any atom is -0.457 e. The van der Waals surface area contributed by atoms with Crippen LogP contribution in [0.25, 0.3) is 0 Å². The number of rotatable bonds is 6. The van der Waals surface area contributed by atoms with Crippen molar-refractivity contribution in [2.45, 2.75) is 24.4 Å². The van der Waals surface area contributed by atoms with Crippen LogP contribution < -0.4 is 19.1 Å². The number of ether oxygens (including phenoxy) is 1. The van der Waals surface area contributed by atoms with Gasteiger partial charge < -0.3 is 14.2 Å². The van der Waals surface area contributed by atoms with E-state index in [0.29, 0.717) is 35.7 Å². The Morgan fingerprint density at radius 2 is 1.83 bits per heavy atom. The number of fused-ring (bicyclic) bond motifs is 1. The number of nitrogens with one attached hydrogen (secondary N) is 1. The van der Waals surface area contributed by atoms with Crippen molar-refractivity contribution in [1.82, 2.24) is 9.97 Å². The molecule has 0 radical (unpaired) electrons. The number of likely N-dealkylation sites (N-methyl/N-ethyl adjacent to an activating group) is 1. The minimum atomic E-state index is -5.89. The van der Waals surface area contributed by atoms with Crippen molar-refractivity contribution in [3.8, 4) is 17.4 Å². The van der Waals surface area contributed by atoms with E-state index in [1.165, 1.54) is 19.3 Å². The lowest BCUT2D eigenvalue weighted by atomic mass is 10.1. The average molecular weight is 508 g/mol. The van der Waals surface area contributed by atoms with Gasteiger partial charge in [-0.05, 0) is 42.7 Å². The molecule has 3 aromatic rings. The monoisotopic (exact) mass is 508 g/mol. The first-order valence-corrected chi connectivity index (χ1v) is 11.7. The summed E-state index contributed by atoms with van der Waals surface area (Å²) >= 11 is 0. The molecule has 0 spiro atoms. The van der Waals surface area contributed by atoms with Crippen molar-refractivity contribution >= 4 is 27.7 Å². The molecular weight excluding hydrogens is 489 g/mol. The molecule has 1 aliphatic rings. The van der Waals surface area contributed by atoms with Crippen LogP contribution in [-0.4, -0.2) is 42.9 Å². The molecule has 2 aromatic heterocycles. The number of hydrogen-bond acceptors (Lipinski definition) is 8.